The van der Waals surface area contributed by atoms with Crippen molar-refractivity contribution in [2.24, 2.45) is 5.92 Å². The maximum absolute atomic E-state index is 5.81. The fraction of sp³-hybridized carbons (Fsp3) is 0.417. The van der Waals surface area contributed by atoms with Crippen LogP contribution in [0.1, 0.15) is 25.8 Å². The zero-order valence-corrected chi connectivity index (χ0v) is 10.2. The van der Waals surface area contributed by atoms with Crippen LogP contribution in [0.15, 0.2) is 18.2 Å². The lowest BCUT2D eigenvalue weighted by Crippen LogP contribution is -2.11. The van der Waals surface area contributed by atoms with Crippen LogP contribution in [0, 0.1) is 5.92 Å². The standard InChI is InChI=1S/C12H16N6/c1-7(8-2-3-8)18-12(15-16-17-18)9-4-10(13)6-11(14)5-9/h4-8H,2-3,13-14H2,1H3. The summed E-state index contributed by atoms with van der Waals surface area (Å²) in [7, 11) is 0. The Balaban J connectivity index is 2.03. The number of benzene rings is 1. The molecule has 0 bridgehead atoms. The van der Waals surface area contributed by atoms with E-state index < -0.39 is 0 Å². The molecule has 1 aliphatic rings. The topological polar surface area (TPSA) is 95.6 Å². The highest BCUT2D eigenvalue weighted by molar-refractivity contribution is 5.67. The summed E-state index contributed by atoms with van der Waals surface area (Å²) in [6, 6.07) is 5.73. The number of nitrogens with two attached hydrogens (primary N) is 2. The molecule has 0 amide bonds. The number of aromatic nitrogens is 4. The molecule has 6 nitrogen and oxygen atoms in total. The predicted octanol–water partition coefficient (Wildman–Crippen LogP) is 1.48. The summed E-state index contributed by atoms with van der Waals surface area (Å²) in [4.78, 5) is 0. The highest BCUT2D eigenvalue weighted by Gasteiger charge is 2.31. The minimum atomic E-state index is 0.317. The number of hydrogen-bond donors (Lipinski definition) is 2. The normalized spacial score (nSPS) is 16.7. The van der Waals surface area contributed by atoms with Crippen LogP contribution in [-0.4, -0.2) is 20.2 Å². The molecular formula is C12H16N6. The van der Waals surface area contributed by atoms with Crippen molar-refractivity contribution in [1.82, 2.24) is 20.2 Å². The molecule has 1 saturated carbocycles. The zero-order chi connectivity index (χ0) is 12.7. The summed E-state index contributed by atoms with van der Waals surface area (Å²) < 4.78 is 1.87. The summed E-state index contributed by atoms with van der Waals surface area (Å²) in [6.45, 7) is 2.15. The van der Waals surface area contributed by atoms with Crippen LogP contribution in [0.5, 0.6) is 0 Å². The Labute approximate surface area is 105 Å². The lowest BCUT2D eigenvalue weighted by Gasteiger charge is -2.12. The molecule has 0 radical (unpaired) electrons. The summed E-state index contributed by atoms with van der Waals surface area (Å²) in [5.74, 6) is 1.42. The highest BCUT2D eigenvalue weighted by Crippen LogP contribution is 2.40. The monoisotopic (exact) mass is 244 g/mol. The first-order valence-electron chi connectivity index (χ1n) is 6.09. The molecule has 1 unspecified atom stereocenters. The van der Waals surface area contributed by atoms with E-state index in [-0.39, 0.29) is 0 Å². The molecule has 0 aliphatic heterocycles. The Morgan fingerprint density at radius 2 is 1.89 bits per heavy atom. The molecule has 94 valence electrons. The van der Waals surface area contributed by atoms with E-state index in [1.165, 1.54) is 12.8 Å². The second-order valence-electron chi connectivity index (χ2n) is 4.91. The third-order valence-electron chi connectivity index (χ3n) is 3.42. The van der Waals surface area contributed by atoms with Gasteiger partial charge in [-0.1, -0.05) is 0 Å². The molecule has 0 spiro atoms. The van der Waals surface area contributed by atoms with Crippen LogP contribution in [-0.2, 0) is 0 Å². The Hall–Kier alpha value is -2.11. The summed E-state index contributed by atoms with van der Waals surface area (Å²) >= 11 is 0. The quantitative estimate of drug-likeness (QED) is 0.797. The van der Waals surface area contributed by atoms with Gasteiger partial charge in [0.1, 0.15) is 0 Å². The van der Waals surface area contributed by atoms with E-state index in [4.69, 9.17) is 11.5 Å². The van der Waals surface area contributed by atoms with Gasteiger partial charge in [0, 0.05) is 16.9 Å². The van der Waals surface area contributed by atoms with Gasteiger partial charge in [-0.25, -0.2) is 4.68 Å². The summed E-state index contributed by atoms with van der Waals surface area (Å²) in [5.41, 5.74) is 13.7. The summed E-state index contributed by atoms with van der Waals surface area (Å²) in [5, 5.41) is 11.9. The van der Waals surface area contributed by atoms with E-state index in [2.05, 4.69) is 22.4 Å². The molecular weight excluding hydrogens is 228 g/mol. The lowest BCUT2D eigenvalue weighted by atomic mass is 10.1. The van der Waals surface area contributed by atoms with Crippen LogP contribution in [0.2, 0.25) is 0 Å². The number of hydrogen-bond acceptors (Lipinski definition) is 5. The van der Waals surface area contributed by atoms with Gasteiger partial charge < -0.3 is 11.5 Å². The van der Waals surface area contributed by atoms with Crippen LogP contribution in [0.25, 0.3) is 11.4 Å². The van der Waals surface area contributed by atoms with Crippen molar-refractivity contribution in [3.05, 3.63) is 18.2 Å². The zero-order valence-electron chi connectivity index (χ0n) is 10.2. The van der Waals surface area contributed by atoms with Crippen molar-refractivity contribution in [3.63, 3.8) is 0 Å². The van der Waals surface area contributed by atoms with E-state index in [0.29, 0.717) is 23.3 Å². The van der Waals surface area contributed by atoms with E-state index >= 15 is 0 Å². The molecule has 2 aromatic rings. The second-order valence-corrected chi connectivity index (χ2v) is 4.91. The average molecular weight is 244 g/mol. The molecule has 6 heteroatoms. The fourth-order valence-corrected chi connectivity index (χ4v) is 2.24. The van der Waals surface area contributed by atoms with Crippen molar-refractivity contribution < 1.29 is 0 Å². The van der Waals surface area contributed by atoms with Crippen molar-refractivity contribution in [2.75, 3.05) is 11.5 Å². The molecule has 1 aliphatic carbocycles. The molecule has 1 aromatic heterocycles. The Morgan fingerprint density at radius 1 is 1.22 bits per heavy atom. The van der Waals surface area contributed by atoms with Crippen LogP contribution in [0.3, 0.4) is 0 Å². The highest BCUT2D eigenvalue weighted by atomic mass is 15.5. The molecule has 1 aromatic carbocycles. The first kappa shape index (κ1) is 11.0. The number of nitrogen functional groups attached to an aromatic ring is 2. The van der Waals surface area contributed by atoms with Crippen LogP contribution >= 0.6 is 0 Å². The van der Waals surface area contributed by atoms with Gasteiger partial charge in [-0.05, 0) is 54.3 Å². The van der Waals surface area contributed by atoms with Gasteiger partial charge in [0.15, 0.2) is 5.82 Å². The molecule has 18 heavy (non-hydrogen) atoms. The fourth-order valence-electron chi connectivity index (χ4n) is 2.24. The van der Waals surface area contributed by atoms with Gasteiger partial charge in [-0.2, -0.15) is 0 Å². The molecule has 3 rings (SSSR count). The molecule has 1 atom stereocenters. The molecule has 1 heterocycles. The van der Waals surface area contributed by atoms with E-state index in [1.54, 1.807) is 6.07 Å². The molecule has 0 saturated heterocycles. The molecule has 1 fully saturated rings. The second kappa shape index (κ2) is 3.97. The maximum atomic E-state index is 5.81. The van der Waals surface area contributed by atoms with Crippen molar-refractivity contribution in [1.29, 1.82) is 0 Å². The minimum Gasteiger partial charge on any atom is -0.399 e. The van der Waals surface area contributed by atoms with Gasteiger partial charge >= 0.3 is 0 Å². The average Bonchev–Trinajstić information content (AvgIpc) is 3.04. The largest absolute Gasteiger partial charge is 0.399 e. The number of tetrazole rings is 1. The van der Waals surface area contributed by atoms with Gasteiger partial charge in [-0.3, -0.25) is 0 Å². The van der Waals surface area contributed by atoms with E-state index in [0.717, 1.165) is 11.4 Å². The number of nitrogens with zero attached hydrogens (tertiary/aromatic N) is 4. The van der Waals surface area contributed by atoms with Crippen molar-refractivity contribution in [2.45, 2.75) is 25.8 Å². The van der Waals surface area contributed by atoms with Gasteiger partial charge in [-0.15, -0.1) is 5.10 Å². The third-order valence-corrected chi connectivity index (χ3v) is 3.42. The van der Waals surface area contributed by atoms with Crippen molar-refractivity contribution in [3.8, 4) is 11.4 Å². The first-order chi connectivity index (χ1) is 8.65. The maximum Gasteiger partial charge on any atom is 0.182 e. The number of anilines is 2. The minimum absolute atomic E-state index is 0.317. The molecule has 4 N–H and O–H groups in total. The summed E-state index contributed by atoms with van der Waals surface area (Å²) in [6.07, 6.45) is 2.50. The van der Waals surface area contributed by atoms with Crippen molar-refractivity contribution >= 4 is 11.4 Å². The Morgan fingerprint density at radius 3 is 2.50 bits per heavy atom. The van der Waals surface area contributed by atoms with E-state index in [9.17, 15) is 0 Å². The SMILES string of the molecule is CC(C1CC1)n1nnnc1-c1cc(N)cc(N)c1. The number of rotatable bonds is 3. The first-order valence-corrected chi connectivity index (χ1v) is 6.09. The van der Waals surface area contributed by atoms with Crippen LogP contribution in [0.4, 0.5) is 11.4 Å². The predicted molar refractivity (Wildman–Crippen MR) is 69.5 cm³/mol. The van der Waals surface area contributed by atoms with Gasteiger partial charge in [0.05, 0.1) is 6.04 Å². The third kappa shape index (κ3) is 1.90. The smallest absolute Gasteiger partial charge is 0.182 e. The Kier molecular flexibility index (Phi) is 2.43. The van der Waals surface area contributed by atoms with Gasteiger partial charge in [0.2, 0.25) is 0 Å². The van der Waals surface area contributed by atoms with E-state index in [1.807, 2.05) is 16.8 Å². The van der Waals surface area contributed by atoms with Gasteiger partial charge in [0.25, 0.3) is 0 Å². The Bertz CT molecular complexity index is 551. The lowest BCUT2D eigenvalue weighted by molar-refractivity contribution is 0.433. The van der Waals surface area contributed by atoms with Crippen LogP contribution < -0.4 is 11.5 Å².